The predicted molar refractivity (Wildman–Crippen MR) is 81.4 cm³/mol. The Morgan fingerprint density at radius 1 is 1.35 bits per heavy atom. The van der Waals surface area contributed by atoms with Crippen LogP contribution in [0.4, 0.5) is 5.69 Å². The number of unbranched alkanes of at least 4 members (excludes halogenated alkanes) is 1. The van der Waals surface area contributed by atoms with Gasteiger partial charge in [0.1, 0.15) is 0 Å². The molecule has 1 aromatic heterocycles. The first-order valence-corrected chi connectivity index (χ1v) is 7.18. The van der Waals surface area contributed by atoms with Gasteiger partial charge < -0.3 is 15.0 Å². The molecule has 0 fully saturated rings. The van der Waals surface area contributed by atoms with Gasteiger partial charge in [-0.25, -0.2) is 4.68 Å². The molecule has 6 nitrogen and oxygen atoms in total. The van der Waals surface area contributed by atoms with Crippen molar-refractivity contribution in [1.82, 2.24) is 15.1 Å². The van der Waals surface area contributed by atoms with E-state index >= 15 is 0 Å². The van der Waals surface area contributed by atoms with Crippen LogP contribution in [0, 0.1) is 0 Å². The lowest BCUT2D eigenvalue weighted by Crippen LogP contribution is -2.29. The molecule has 0 spiro atoms. The van der Waals surface area contributed by atoms with Crippen molar-refractivity contribution in [3.8, 4) is 0 Å². The molecule has 0 amide bonds. The van der Waals surface area contributed by atoms with Gasteiger partial charge in [0, 0.05) is 39.9 Å². The molecule has 0 unspecified atom stereocenters. The van der Waals surface area contributed by atoms with Crippen molar-refractivity contribution < 1.29 is 4.74 Å². The number of anilines is 1. The van der Waals surface area contributed by atoms with E-state index in [1.165, 1.54) is 4.68 Å². The van der Waals surface area contributed by atoms with Crippen LogP contribution >= 0.6 is 0 Å². The second-order valence-electron chi connectivity index (χ2n) is 4.82. The molecule has 0 aliphatic rings. The largest absolute Gasteiger partial charge is 0.382 e. The van der Waals surface area contributed by atoms with Crippen LogP contribution in [-0.2, 0) is 11.3 Å². The van der Waals surface area contributed by atoms with E-state index in [9.17, 15) is 4.79 Å². The average molecular weight is 282 g/mol. The van der Waals surface area contributed by atoms with Crippen LogP contribution < -0.4 is 15.8 Å². The number of rotatable bonds is 10. The van der Waals surface area contributed by atoms with Gasteiger partial charge >= 0.3 is 0 Å². The first-order chi connectivity index (χ1) is 9.65. The SMILES string of the molecule is CCOCCCCNCCn1ncc(N(C)C)cc1=O. The topological polar surface area (TPSA) is 59.4 Å². The summed E-state index contributed by atoms with van der Waals surface area (Å²) in [7, 11) is 3.79. The van der Waals surface area contributed by atoms with Gasteiger partial charge in [0.2, 0.25) is 0 Å². The summed E-state index contributed by atoms with van der Waals surface area (Å²) in [6.07, 6.45) is 3.86. The smallest absolute Gasteiger partial charge is 0.268 e. The third-order valence-corrected chi connectivity index (χ3v) is 2.97. The number of nitrogens with one attached hydrogen (secondary N) is 1. The second kappa shape index (κ2) is 9.50. The third-order valence-electron chi connectivity index (χ3n) is 2.97. The van der Waals surface area contributed by atoms with E-state index in [-0.39, 0.29) is 5.56 Å². The van der Waals surface area contributed by atoms with Crippen molar-refractivity contribution >= 4 is 5.69 Å². The summed E-state index contributed by atoms with van der Waals surface area (Å²) in [5.74, 6) is 0. The summed E-state index contributed by atoms with van der Waals surface area (Å²) in [5.41, 5.74) is 0.768. The Morgan fingerprint density at radius 2 is 2.15 bits per heavy atom. The van der Waals surface area contributed by atoms with Crippen molar-refractivity contribution in [3.63, 3.8) is 0 Å². The fourth-order valence-corrected chi connectivity index (χ4v) is 1.74. The highest BCUT2D eigenvalue weighted by Crippen LogP contribution is 2.02. The number of ether oxygens (including phenoxy) is 1. The molecular weight excluding hydrogens is 256 g/mol. The maximum absolute atomic E-state index is 11.8. The minimum absolute atomic E-state index is 0.0608. The van der Waals surface area contributed by atoms with Crippen LogP contribution in [0.3, 0.4) is 0 Å². The minimum Gasteiger partial charge on any atom is -0.382 e. The summed E-state index contributed by atoms with van der Waals surface area (Å²) in [6.45, 7) is 5.90. The Bertz CT molecular complexity index is 431. The van der Waals surface area contributed by atoms with Crippen LogP contribution in [0.5, 0.6) is 0 Å². The van der Waals surface area contributed by atoms with Gasteiger partial charge in [-0.15, -0.1) is 0 Å². The quantitative estimate of drug-likeness (QED) is 0.641. The number of nitrogens with zero attached hydrogens (tertiary/aromatic N) is 3. The molecule has 1 N–H and O–H groups in total. The summed E-state index contributed by atoms with van der Waals surface area (Å²) in [5, 5.41) is 7.47. The van der Waals surface area contributed by atoms with Crippen molar-refractivity contribution in [3.05, 3.63) is 22.6 Å². The third kappa shape index (κ3) is 6.16. The van der Waals surface area contributed by atoms with Crippen LogP contribution in [0.2, 0.25) is 0 Å². The van der Waals surface area contributed by atoms with E-state index in [4.69, 9.17) is 4.74 Å². The lowest BCUT2D eigenvalue weighted by atomic mass is 10.3. The Balaban J connectivity index is 2.21. The van der Waals surface area contributed by atoms with Crippen LogP contribution in [0.25, 0.3) is 0 Å². The van der Waals surface area contributed by atoms with Crippen molar-refractivity contribution in [2.45, 2.75) is 26.3 Å². The van der Waals surface area contributed by atoms with Crippen molar-refractivity contribution in [2.75, 3.05) is 45.3 Å². The molecule has 0 aliphatic carbocycles. The Kier molecular flexibility index (Phi) is 7.91. The van der Waals surface area contributed by atoms with Gasteiger partial charge in [-0.3, -0.25) is 4.79 Å². The predicted octanol–water partition coefficient (Wildman–Crippen LogP) is 0.716. The molecule has 0 atom stereocenters. The van der Waals surface area contributed by atoms with Gasteiger partial charge in [-0.05, 0) is 26.3 Å². The van der Waals surface area contributed by atoms with Crippen molar-refractivity contribution in [2.24, 2.45) is 0 Å². The summed E-state index contributed by atoms with van der Waals surface area (Å²) >= 11 is 0. The summed E-state index contributed by atoms with van der Waals surface area (Å²) < 4.78 is 6.75. The molecule has 114 valence electrons. The maximum Gasteiger partial charge on any atom is 0.268 e. The van der Waals surface area contributed by atoms with E-state index < -0.39 is 0 Å². The standard InChI is InChI=1S/C14H26N4O2/c1-4-20-10-6-5-7-15-8-9-18-14(19)11-13(12-16-18)17(2)3/h11-12,15H,4-10H2,1-3H3. The summed E-state index contributed by atoms with van der Waals surface area (Å²) in [6, 6.07) is 1.61. The highest BCUT2D eigenvalue weighted by Gasteiger charge is 2.01. The molecule has 0 saturated heterocycles. The van der Waals surface area contributed by atoms with Gasteiger partial charge in [-0.2, -0.15) is 5.10 Å². The second-order valence-corrected chi connectivity index (χ2v) is 4.82. The molecule has 6 heteroatoms. The zero-order chi connectivity index (χ0) is 14.8. The Labute approximate surface area is 120 Å². The zero-order valence-electron chi connectivity index (χ0n) is 12.8. The molecule has 0 aromatic carbocycles. The zero-order valence-corrected chi connectivity index (χ0v) is 12.8. The lowest BCUT2D eigenvalue weighted by Gasteiger charge is -2.12. The van der Waals surface area contributed by atoms with Crippen molar-refractivity contribution in [1.29, 1.82) is 0 Å². The number of hydrogen-bond donors (Lipinski definition) is 1. The van der Waals surface area contributed by atoms with Gasteiger partial charge in [-0.1, -0.05) is 0 Å². The highest BCUT2D eigenvalue weighted by atomic mass is 16.5. The van der Waals surface area contributed by atoms with Gasteiger partial charge in [0.05, 0.1) is 18.4 Å². The van der Waals surface area contributed by atoms with Crippen LogP contribution in [-0.4, -0.2) is 50.2 Å². The van der Waals surface area contributed by atoms with E-state index in [2.05, 4.69) is 10.4 Å². The minimum atomic E-state index is -0.0608. The molecule has 0 aliphatic heterocycles. The lowest BCUT2D eigenvalue weighted by molar-refractivity contribution is 0.143. The van der Waals surface area contributed by atoms with E-state index in [1.54, 1.807) is 12.3 Å². The molecule has 0 bridgehead atoms. The van der Waals surface area contributed by atoms with Gasteiger partial charge in [0.25, 0.3) is 5.56 Å². The first kappa shape index (κ1) is 16.7. The fraction of sp³-hybridized carbons (Fsp3) is 0.714. The monoisotopic (exact) mass is 282 g/mol. The van der Waals surface area contributed by atoms with Crippen LogP contribution in [0.1, 0.15) is 19.8 Å². The highest BCUT2D eigenvalue weighted by molar-refractivity contribution is 5.40. The first-order valence-electron chi connectivity index (χ1n) is 7.18. The van der Waals surface area contributed by atoms with Gasteiger partial charge in [0.15, 0.2) is 0 Å². The van der Waals surface area contributed by atoms with E-state index in [0.29, 0.717) is 6.54 Å². The normalized spacial score (nSPS) is 10.8. The summed E-state index contributed by atoms with van der Waals surface area (Å²) in [4.78, 5) is 13.7. The number of hydrogen-bond acceptors (Lipinski definition) is 5. The molecule has 1 rings (SSSR count). The van der Waals surface area contributed by atoms with E-state index in [0.717, 1.165) is 44.8 Å². The van der Waals surface area contributed by atoms with E-state index in [1.807, 2.05) is 25.9 Å². The molecular formula is C14H26N4O2. The maximum atomic E-state index is 11.8. The molecule has 1 heterocycles. The molecule has 0 saturated carbocycles. The Morgan fingerprint density at radius 3 is 2.80 bits per heavy atom. The fourth-order valence-electron chi connectivity index (χ4n) is 1.74. The average Bonchev–Trinajstić information content (AvgIpc) is 2.43. The molecule has 20 heavy (non-hydrogen) atoms. The number of aromatic nitrogens is 2. The molecule has 1 aromatic rings. The molecule has 0 radical (unpaired) electrons. The Hall–Kier alpha value is -1.40. The van der Waals surface area contributed by atoms with Crippen LogP contribution in [0.15, 0.2) is 17.1 Å².